The molecule has 6 atom stereocenters. The van der Waals surface area contributed by atoms with Crippen molar-refractivity contribution in [2.24, 2.45) is 35.5 Å². The van der Waals surface area contributed by atoms with Crippen molar-refractivity contribution in [1.82, 2.24) is 0 Å². The molecule has 3 aliphatic rings. The molecule has 1 aromatic carbocycles. The molecule has 2 bridgehead atoms. The molecule has 0 aromatic heterocycles. The maximum Gasteiger partial charge on any atom is 0.415 e. The zero-order valence-corrected chi connectivity index (χ0v) is 17.1. The molecule has 0 radical (unpaired) electrons. The van der Waals surface area contributed by atoms with Crippen LogP contribution in [0.15, 0.2) is 24.3 Å². The van der Waals surface area contributed by atoms with Crippen LogP contribution in [0.1, 0.15) is 36.8 Å². The Kier molecular flexibility index (Phi) is 6.16. The molecule has 3 fully saturated rings. The quantitative estimate of drug-likeness (QED) is 0.271. The molecule has 3 aliphatic carbocycles. The van der Waals surface area contributed by atoms with Crippen molar-refractivity contribution >= 4 is 18.0 Å². The van der Waals surface area contributed by atoms with Crippen LogP contribution < -0.4 is 0 Å². The Morgan fingerprint density at radius 2 is 1.86 bits per heavy atom. The van der Waals surface area contributed by atoms with Crippen LogP contribution in [-0.4, -0.2) is 23.1 Å². The summed E-state index contributed by atoms with van der Waals surface area (Å²) in [5.41, 5.74) is 2.65. The van der Waals surface area contributed by atoms with E-state index in [1.165, 1.54) is 24.0 Å². The normalized spacial score (nSPS) is 33.1. The lowest BCUT2D eigenvalue weighted by Crippen LogP contribution is -2.32. The minimum atomic E-state index is -3.92. The monoisotopic (exact) mass is 428 g/mol. The van der Waals surface area contributed by atoms with Crippen LogP contribution in [0, 0.1) is 42.4 Å². The summed E-state index contributed by atoms with van der Waals surface area (Å²) in [4.78, 5) is 11.6. The lowest BCUT2D eigenvalue weighted by Gasteiger charge is -2.31. The zero-order valence-electron chi connectivity index (χ0n) is 16.3. The molecule has 1 aromatic rings. The van der Waals surface area contributed by atoms with E-state index in [9.17, 15) is 13.6 Å². The minimum absolute atomic E-state index is 0.0159. The van der Waals surface area contributed by atoms with E-state index in [0.717, 1.165) is 25.2 Å². The summed E-state index contributed by atoms with van der Waals surface area (Å²) in [6, 6.07) is 8.74. The Labute approximate surface area is 173 Å². The third-order valence-corrected chi connectivity index (χ3v) is 7.69. The van der Waals surface area contributed by atoms with Crippen LogP contribution in [0.4, 0.5) is 8.78 Å². The van der Waals surface area contributed by atoms with Crippen molar-refractivity contribution in [2.75, 3.05) is 6.61 Å². The third kappa shape index (κ3) is 4.45. The highest BCUT2D eigenvalue weighted by Crippen LogP contribution is 2.62. The second kappa shape index (κ2) is 8.49. The number of rotatable bonds is 8. The summed E-state index contributed by atoms with van der Waals surface area (Å²) in [6.45, 7) is 2.11. The van der Waals surface area contributed by atoms with Gasteiger partial charge in [-0.15, -0.1) is 4.33 Å². The predicted molar refractivity (Wildman–Crippen MR) is 103 cm³/mol. The Hall–Kier alpha value is -1.22. The highest BCUT2D eigenvalue weighted by molar-refractivity contribution is 7.96. The first kappa shape index (κ1) is 21.0. The first-order chi connectivity index (χ1) is 13.9. The Balaban J connectivity index is 1.29. The average Bonchev–Trinajstić information content (AvgIpc) is 3.37. The lowest BCUT2D eigenvalue weighted by molar-refractivity contribution is -0.433. The van der Waals surface area contributed by atoms with E-state index in [-0.39, 0.29) is 12.5 Å². The van der Waals surface area contributed by atoms with E-state index in [1.807, 2.05) is 0 Å². The highest BCUT2D eigenvalue weighted by atomic mass is 32.2. The Morgan fingerprint density at radius 3 is 2.59 bits per heavy atom. The number of ether oxygens (including phenoxy) is 1. The van der Waals surface area contributed by atoms with Crippen LogP contribution in [0.25, 0.3) is 0 Å². The molecule has 0 heterocycles. The molecule has 1 N–H and O–H groups in total. The molecule has 0 aliphatic heterocycles. The van der Waals surface area contributed by atoms with Gasteiger partial charge in [-0.05, 0) is 80.1 Å². The molecule has 4 rings (SSSR count). The lowest BCUT2D eigenvalue weighted by atomic mass is 9.76. The molecular weight excluding hydrogens is 402 g/mol. The smallest absolute Gasteiger partial charge is 0.415 e. The summed E-state index contributed by atoms with van der Waals surface area (Å²) in [5.74, 6) is 1.60. The molecule has 3 saturated carbocycles. The van der Waals surface area contributed by atoms with Gasteiger partial charge in [-0.1, -0.05) is 34.9 Å². The summed E-state index contributed by atoms with van der Waals surface area (Å²) in [7, 11) is 0. The number of benzene rings is 1. The molecule has 160 valence electrons. The van der Waals surface area contributed by atoms with Crippen molar-refractivity contribution < 1.29 is 32.9 Å². The van der Waals surface area contributed by atoms with Gasteiger partial charge in [-0.2, -0.15) is 8.78 Å². The fraction of sp³-hybridized carbons (Fsp3) is 0.667. The Morgan fingerprint density at radius 1 is 1.14 bits per heavy atom. The van der Waals surface area contributed by atoms with E-state index in [0.29, 0.717) is 23.7 Å². The first-order valence-electron chi connectivity index (χ1n) is 10.1. The molecular formula is C21H26F2O5S. The SMILES string of the molecule is Cc1ccc(CC2CC3C4CC(COC(=O)C(F)(F)SOOO)C(C4)C3C2)cc1. The second-order valence-corrected chi connectivity index (χ2v) is 9.67. The van der Waals surface area contributed by atoms with Crippen LogP contribution >= 0.6 is 12.0 Å². The van der Waals surface area contributed by atoms with Crippen molar-refractivity contribution in [3.8, 4) is 0 Å². The van der Waals surface area contributed by atoms with Gasteiger partial charge in [-0.25, -0.2) is 10.1 Å². The van der Waals surface area contributed by atoms with Gasteiger partial charge in [0.25, 0.3) is 0 Å². The van der Waals surface area contributed by atoms with E-state index in [1.54, 1.807) is 0 Å². The van der Waals surface area contributed by atoms with Gasteiger partial charge in [0.1, 0.15) is 12.0 Å². The first-order valence-corrected chi connectivity index (χ1v) is 10.9. The zero-order chi connectivity index (χ0) is 20.6. The predicted octanol–water partition coefficient (Wildman–Crippen LogP) is 5.04. The van der Waals surface area contributed by atoms with Gasteiger partial charge in [0.2, 0.25) is 0 Å². The maximum atomic E-state index is 13.5. The molecule has 0 saturated heterocycles. The number of alkyl halides is 2. The van der Waals surface area contributed by atoms with Crippen LogP contribution in [-0.2, 0) is 25.3 Å². The fourth-order valence-electron chi connectivity index (χ4n) is 6.10. The van der Waals surface area contributed by atoms with E-state index in [2.05, 4.69) is 40.6 Å². The van der Waals surface area contributed by atoms with E-state index in [4.69, 9.17) is 9.99 Å². The number of aryl methyl sites for hydroxylation is 1. The van der Waals surface area contributed by atoms with Gasteiger partial charge in [0.05, 0.1) is 6.61 Å². The number of carbonyl (C=O) groups excluding carboxylic acids is 1. The number of esters is 1. The number of carbonyl (C=O) groups is 1. The standard InChI is InChI=1S/C21H26F2O5S/c1-12-2-4-13(5-3-12)6-14-7-17-15-9-16(18(10-15)19(17)8-14)11-26-20(24)21(22,23)29-28-27-25/h2-5,14-19,25H,6-11H2,1H3. The number of hydrogen-bond acceptors (Lipinski definition) is 6. The van der Waals surface area contributed by atoms with Crippen LogP contribution in [0.3, 0.4) is 0 Å². The summed E-state index contributed by atoms with van der Waals surface area (Å²) in [6.07, 6.45) is 5.60. The van der Waals surface area contributed by atoms with Crippen molar-refractivity contribution in [3.05, 3.63) is 35.4 Å². The fourth-order valence-corrected chi connectivity index (χ4v) is 6.34. The topological polar surface area (TPSA) is 65.0 Å². The summed E-state index contributed by atoms with van der Waals surface area (Å²) >= 11 is -0.578. The van der Waals surface area contributed by atoms with Gasteiger partial charge < -0.3 is 4.74 Å². The van der Waals surface area contributed by atoms with Crippen LogP contribution in [0.2, 0.25) is 0 Å². The van der Waals surface area contributed by atoms with Gasteiger partial charge in [0.15, 0.2) is 0 Å². The van der Waals surface area contributed by atoms with Gasteiger partial charge in [-0.3, -0.25) is 0 Å². The van der Waals surface area contributed by atoms with Gasteiger partial charge in [0, 0.05) is 0 Å². The van der Waals surface area contributed by atoms with Gasteiger partial charge >= 0.3 is 11.2 Å². The third-order valence-electron chi connectivity index (χ3n) is 7.18. The van der Waals surface area contributed by atoms with E-state index >= 15 is 0 Å². The molecule has 8 heteroatoms. The maximum absolute atomic E-state index is 13.5. The van der Waals surface area contributed by atoms with Crippen molar-refractivity contribution in [1.29, 1.82) is 0 Å². The van der Waals surface area contributed by atoms with Crippen molar-refractivity contribution in [2.45, 2.75) is 44.3 Å². The number of hydrogen-bond donors (Lipinski definition) is 1. The largest absolute Gasteiger partial charge is 0.460 e. The number of fused-ring (bicyclic) bond motifs is 5. The molecule has 29 heavy (non-hydrogen) atoms. The highest BCUT2D eigenvalue weighted by Gasteiger charge is 2.56. The second-order valence-electron chi connectivity index (χ2n) is 8.85. The minimum Gasteiger partial charge on any atom is -0.460 e. The van der Waals surface area contributed by atoms with Crippen molar-refractivity contribution in [3.63, 3.8) is 0 Å². The summed E-state index contributed by atoms with van der Waals surface area (Å²) < 4.78 is 35.7. The molecule has 6 unspecified atom stereocenters. The average molecular weight is 428 g/mol. The molecule has 5 nitrogen and oxygen atoms in total. The number of halogens is 2. The summed E-state index contributed by atoms with van der Waals surface area (Å²) in [5, 5.41) is 7.18. The molecule has 0 spiro atoms. The van der Waals surface area contributed by atoms with Crippen LogP contribution in [0.5, 0.6) is 0 Å². The van der Waals surface area contributed by atoms with E-state index < -0.39 is 23.3 Å². The Bertz CT molecular complexity index is 728. The molecule has 0 amide bonds.